The third kappa shape index (κ3) is 14.4. The number of ether oxygens (including phenoxy) is 1. The zero-order chi connectivity index (χ0) is 10.1. The average molecular weight is 203 g/mol. The highest BCUT2D eigenvalue weighted by Crippen LogP contribution is 1.97. The van der Waals surface area contributed by atoms with E-state index in [0.29, 0.717) is 12.1 Å². The van der Waals surface area contributed by atoms with Crippen molar-refractivity contribution in [2.24, 2.45) is 0 Å². The van der Waals surface area contributed by atoms with Crippen molar-refractivity contribution in [3.8, 4) is 0 Å². The normalized spacial score (nSPS) is 10.7. The fourth-order valence-electron chi connectivity index (χ4n) is 1.11. The van der Waals surface area contributed by atoms with E-state index in [0.717, 1.165) is 13.2 Å². The Morgan fingerprint density at radius 2 is 1.64 bits per heavy atom. The van der Waals surface area contributed by atoms with Crippen molar-refractivity contribution in [2.75, 3.05) is 13.2 Å². The number of hydrogen-bond acceptors (Lipinski definition) is 2. The van der Waals surface area contributed by atoms with Crippen LogP contribution in [0.5, 0.6) is 0 Å². The van der Waals surface area contributed by atoms with Gasteiger partial charge in [0.15, 0.2) is 0 Å². The molecule has 1 N–H and O–H groups in total. The molecule has 0 aromatic heterocycles. The Bertz CT molecular complexity index is 90.5. The SMILES string of the molecule is C.CC(C)NCCCCCOC(C)C. The van der Waals surface area contributed by atoms with Gasteiger partial charge in [-0.3, -0.25) is 0 Å². The molecule has 0 atom stereocenters. The van der Waals surface area contributed by atoms with Crippen LogP contribution in [-0.4, -0.2) is 25.3 Å². The lowest BCUT2D eigenvalue weighted by Crippen LogP contribution is -2.23. The van der Waals surface area contributed by atoms with Gasteiger partial charge in [0.1, 0.15) is 0 Å². The van der Waals surface area contributed by atoms with E-state index >= 15 is 0 Å². The van der Waals surface area contributed by atoms with E-state index in [9.17, 15) is 0 Å². The minimum absolute atomic E-state index is 0. The first-order chi connectivity index (χ1) is 6.13. The highest BCUT2D eigenvalue weighted by molar-refractivity contribution is 4.52. The molecule has 0 bridgehead atoms. The van der Waals surface area contributed by atoms with Crippen LogP contribution >= 0.6 is 0 Å². The molecule has 0 saturated carbocycles. The van der Waals surface area contributed by atoms with Gasteiger partial charge < -0.3 is 10.1 Å². The maximum atomic E-state index is 5.45. The topological polar surface area (TPSA) is 21.3 Å². The molecule has 0 fully saturated rings. The van der Waals surface area contributed by atoms with Crippen LogP contribution in [-0.2, 0) is 4.74 Å². The van der Waals surface area contributed by atoms with Gasteiger partial charge in [-0.25, -0.2) is 0 Å². The molecule has 0 unspecified atom stereocenters. The van der Waals surface area contributed by atoms with Crippen molar-refractivity contribution in [2.45, 2.75) is 66.5 Å². The lowest BCUT2D eigenvalue weighted by molar-refractivity contribution is 0.0757. The Morgan fingerprint density at radius 3 is 2.14 bits per heavy atom. The number of nitrogens with one attached hydrogen (secondary N) is 1. The smallest absolute Gasteiger partial charge is 0.0518 e. The van der Waals surface area contributed by atoms with Gasteiger partial charge in [-0.1, -0.05) is 21.3 Å². The quantitative estimate of drug-likeness (QED) is 0.612. The predicted molar refractivity (Wildman–Crippen MR) is 64.8 cm³/mol. The van der Waals surface area contributed by atoms with Gasteiger partial charge in [0.25, 0.3) is 0 Å². The van der Waals surface area contributed by atoms with Gasteiger partial charge in [-0.15, -0.1) is 0 Å². The molecule has 0 spiro atoms. The van der Waals surface area contributed by atoms with Crippen LogP contribution in [0.25, 0.3) is 0 Å². The third-order valence-corrected chi connectivity index (χ3v) is 1.82. The third-order valence-electron chi connectivity index (χ3n) is 1.82. The molecule has 0 rings (SSSR count). The summed E-state index contributed by atoms with van der Waals surface area (Å²) < 4.78 is 5.45. The van der Waals surface area contributed by atoms with Gasteiger partial charge >= 0.3 is 0 Å². The fraction of sp³-hybridized carbons (Fsp3) is 1.00. The Hall–Kier alpha value is -0.0800. The summed E-state index contributed by atoms with van der Waals surface area (Å²) >= 11 is 0. The molecule has 14 heavy (non-hydrogen) atoms. The molecule has 0 aliphatic rings. The lowest BCUT2D eigenvalue weighted by atomic mass is 10.2. The van der Waals surface area contributed by atoms with E-state index in [1.54, 1.807) is 0 Å². The summed E-state index contributed by atoms with van der Waals surface area (Å²) in [6.07, 6.45) is 4.11. The van der Waals surface area contributed by atoms with Crippen molar-refractivity contribution in [1.29, 1.82) is 0 Å². The molecule has 2 heteroatoms. The van der Waals surface area contributed by atoms with Crippen molar-refractivity contribution in [1.82, 2.24) is 5.32 Å². The standard InChI is InChI=1S/C11H25NO.CH4/c1-10(2)12-8-6-5-7-9-13-11(3)4;/h10-12H,5-9H2,1-4H3;1H4. The summed E-state index contributed by atoms with van der Waals surface area (Å²) in [6.45, 7) is 10.6. The monoisotopic (exact) mass is 203 g/mol. The van der Waals surface area contributed by atoms with E-state index in [4.69, 9.17) is 4.74 Å². The average Bonchev–Trinajstić information content (AvgIpc) is 2.01. The van der Waals surface area contributed by atoms with Gasteiger partial charge in [0, 0.05) is 12.6 Å². The summed E-state index contributed by atoms with van der Waals surface area (Å²) in [7, 11) is 0. The zero-order valence-electron chi connectivity index (χ0n) is 9.60. The second kappa shape index (κ2) is 11.0. The summed E-state index contributed by atoms with van der Waals surface area (Å²) in [5, 5.41) is 3.40. The fourth-order valence-corrected chi connectivity index (χ4v) is 1.11. The summed E-state index contributed by atoms with van der Waals surface area (Å²) in [6, 6.07) is 0.618. The number of rotatable bonds is 8. The Kier molecular flexibility index (Phi) is 12.8. The predicted octanol–water partition coefficient (Wildman–Crippen LogP) is 3.22. The first kappa shape index (κ1) is 16.4. The van der Waals surface area contributed by atoms with Gasteiger partial charge in [0.2, 0.25) is 0 Å². The van der Waals surface area contributed by atoms with E-state index in [2.05, 4.69) is 33.0 Å². The first-order valence-electron chi connectivity index (χ1n) is 5.48. The Balaban J connectivity index is 0. The van der Waals surface area contributed by atoms with Crippen LogP contribution in [0.3, 0.4) is 0 Å². The van der Waals surface area contributed by atoms with Crippen LogP contribution in [0.1, 0.15) is 54.4 Å². The molecule has 0 aromatic carbocycles. The van der Waals surface area contributed by atoms with Gasteiger partial charge in [0.05, 0.1) is 6.10 Å². The molecule has 0 radical (unpaired) electrons. The molecule has 88 valence electrons. The maximum Gasteiger partial charge on any atom is 0.0518 e. The van der Waals surface area contributed by atoms with Gasteiger partial charge in [-0.05, 0) is 39.7 Å². The van der Waals surface area contributed by atoms with E-state index in [1.807, 2.05) is 0 Å². The molecule has 0 aliphatic heterocycles. The summed E-state index contributed by atoms with van der Waals surface area (Å²) in [5.41, 5.74) is 0. The highest BCUT2D eigenvalue weighted by Gasteiger charge is 1.94. The van der Waals surface area contributed by atoms with Crippen LogP contribution in [0, 0.1) is 0 Å². The molecule has 0 heterocycles. The van der Waals surface area contributed by atoms with Crippen LogP contribution in [0.2, 0.25) is 0 Å². The second-order valence-electron chi connectivity index (χ2n) is 4.09. The number of unbranched alkanes of at least 4 members (excludes halogenated alkanes) is 2. The van der Waals surface area contributed by atoms with Crippen molar-refractivity contribution < 1.29 is 4.74 Å². The van der Waals surface area contributed by atoms with Crippen molar-refractivity contribution in [3.63, 3.8) is 0 Å². The maximum absolute atomic E-state index is 5.45. The summed E-state index contributed by atoms with van der Waals surface area (Å²) in [5.74, 6) is 0. The molecule has 0 saturated heterocycles. The Labute approximate surface area is 90.4 Å². The molecule has 0 aliphatic carbocycles. The van der Waals surface area contributed by atoms with Crippen molar-refractivity contribution >= 4 is 0 Å². The van der Waals surface area contributed by atoms with Crippen LogP contribution in [0.15, 0.2) is 0 Å². The Morgan fingerprint density at radius 1 is 1.00 bits per heavy atom. The second-order valence-corrected chi connectivity index (χ2v) is 4.09. The highest BCUT2D eigenvalue weighted by atomic mass is 16.5. The zero-order valence-corrected chi connectivity index (χ0v) is 9.60. The molecular weight excluding hydrogens is 174 g/mol. The summed E-state index contributed by atoms with van der Waals surface area (Å²) in [4.78, 5) is 0. The van der Waals surface area contributed by atoms with Crippen molar-refractivity contribution in [3.05, 3.63) is 0 Å². The van der Waals surface area contributed by atoms with Gasteiger partial charge in [-0.2, -0.15) is 0 Å². The molecule has 0 aromatic rings. The minimum atomic E-state index is 0. The molecule has 0 amide bonds. The molecule has 2 nitrogen and oxygen atoms in total. The van der Waals surface area contributed by atoms with E-state index in [-0.39, 0.29) is 7.43 Å². The molecular formula is C12H29NO. The van der Waals surface area contributed by atoms with Crippen LogP contribution < -0.4 is 5.32 Å². The van der Waals surface area contributed by atoms with Crippen LogP contribution in [0.4, 0.5) is 0 Å². The minimum Gasteiger partial charge on any atom is -0.379 e. The van der Waals surface area contributed by atoms with E-state index < -0.39 is 0 Å². The largest absolute Gasteiger partial charge is 0.379 e. The van der Waals surface area contributed by atoms with E-state index in [1.165, 1.54) is 19.3 Å². The lowest BCUT2D eigenvalue weighted by Gasteiger charge is -2.08. The first-order valence-corrected chi connectivity index (χ1v) is 5.48. The number of hydrogen-bond donors (Lipinski definition) is 1.